The quantitative estimate of drug-likeness (QED) is 0.341. The van der Waals surface area contributed by atoms with Crippen LogP contribution in [0.15, 0.2) is 21.5 Å². The van der Waals surface area contributed by atoms with E-state index in [1.807, 2.05) is 6.92 Å². The maximum absolute atomic E-state index is 12.6. The predicted octanol–water partition coefficient (Wildman–Crippen LogP) is -2.73. The molecule has 0 spiro atoms. The number of nitriles is 1. The third-order valence-corrected chi connectivity index (χ3v) is 7.75. The molecule has 9 nitrogen and oxygen atoms in total. The number of carboxylic acids is 1. The number of fused-ring (bicyclic) bond motifs is 1. The van der Waals surface area contributed by atoms with Crippen LogP contribution in [0.2, 0.25) is 0 Å². The molecule has 2 saturated heterocycles. The Balaban J connectivity index is 0.00000289. The first-order valence-corrected chi connectivity index (χ1v) is 11.4. The first-order chi connectivity index (χ1) is 14.8. The van der Waals surface area contributed by atoms with Crippen LogP contribution >= 0.6 is 23.1 Å². The summed E-state index contributed by atoms with van der Waals surface area (Å²) in [5.74, 6) is -3.13. The van der Waals surface area contributed by atoms with Crippen LogP contribution in [0.1, 0.15) is 29.2 Å². The van der Waals surface area contributed by atoms with Crippen LogP contribution in [0, 0.1) is 29.1 Å². The Labute approximate surface area is 215 Å². The second-order valence-corrected chi connectivity index (χ2v) is 9.61. The van der Waals surface area contributed by atoms with Gasteiger partial charge >= 0.3 is 29.6 Å². The summed E-state index contributed by atoms with van der Waals surface area (Å²) in [4.78, 5) is 44.7. The Bertz CT molecular complexity index is 1060. The van der Waals surface area contributed by atoms with Crippen LogP contribution in [-0.2, 0) is 9.59 Å². The van der Waals surface area contributed by atoms with Gasteiger partial charge in [0.1, 0.15) is 5.69 Å². The maximum Gasteiger partial charge on any atom is 1.00 e. The molecule has 4 atom stereocenters. The largest absolute Gasteiger partial charge is 1.00 e. The number of β-lactam (4-membered cyclic amide) rings is 1. The second-order valence-electron chi connectivity index (χ2n) is 7.78. The molecule has 4 rings (SSSR count). The Hall–Kier alpha value is -1.68. The van der Waals surface area contributed by atoms with Crippen LogP contribution in [0.5, 0.6) is 0 Å². The third kappa shape index (κ3) is 4.04. The van der Waals surface area contributed by atoms with E-state index < -0.39 is 29.9 Å². The number of likely N-dealkylation sites (tertiary alicyclic amines) is 1. The van der Waals surface area contributed by atoms with Crippen molar-refractivity contribution in [2.75, 3.05) is 13.1 Å². The molecule has 3 aliphatic rings. The van der Waals surface area contributed by atoms with Gasteiger partial charge in [0.15, 0.2) is 0 Å². The van der Waals surface area contributed by atoms with Crippen molar-refractivity contribution >= 4 is 47.0 Å². The molecular weight excluding hydrogens is 463 g/mol. The molecule has 0 radical (unpaired) electrons. The van der Waals surface area contributed by atoms with Crippen LogP contribution in [0.3, 0.4) is 0 Å². The first kappa shape index (κ1) is 25.0. The SMILES string of the molecule is C[C@@H](O)[C@H]1C(=O)N2C(C(=O)[O-])=C(S/C=C\c3scnc3C(=O)N3CC(C#N)C3)[C@H](C)[C@H]12.[Na+]. The van der Waals surface area contributed by atoms with Crippen LogP contribution in [0.25, 0.3) is 6.08 Å². The summed E-state index contributed by atoms with van der Waals surface area (Å²) in [6, 6.07) is 1.72. The average Bonchev–Trinajstić information content (AvgIpc) is 3.22. The zero-order valence-corrected chi connectivity index (χ0v) is 21.4. The Kier molecular flexibility index (Phi) is 7.54. The van der Waals surface area contributed by atoms with E-state index in [0.29, 0.717) is 28.6 Å². The average molecular weight is 483 g/mol. The molecule has 0 unspecified atom stereocenters. The molecule has 0 aromatic carbocycles. The fourth-order valence-corrected chi connectivity index (χ4v) is 6.00. The van der Waals surface area contributed by atoms with Gasteiger partial charge in [-0.25, -0.2) is 4.98 Å². The van der Waals surface area contributed by atoms with Crippen molar-refractivity contribution in [3.63, 3.8) is 0 Å². The molecule has 1 N–H and O–H groups in total. The van der Waals surface area contributed by atoms with Crippen molar-refractivity contribution in [1.82, 2.24) is 14.8 Å². The van der Waals surface area contributed by atoms with E-state index in [-0.39, 0.29) is 53.0 Å². The molecule has 32 heavy (non-hydrogen) atoms. The minimum Gasteiger partial charge on any atom is -0.543 e. The number of carbonyl (C=O) groups is 3. The van der Waals surface area contributed by atoms with Gasteiger partial charge in [0.2, 0.25) is 5.91 Å². The zero-order chi connectivity index (χ0) is 22.4. The van der Waals surface area contributed by atoms with Crippen molar-refractivity contribution in [2.24, 2.45) is 17.8 Å². The van der Waals surface area contributed by atoms with Gasteiger partial charge in [0.05, 0.1) is 52.1 Å². The molecule has 4 heterocycles. The van der Waals surface area contributed by atoms with Crippen LogP contribution < -0.4 is 34.7 Å². The summed E-state index contributed by atoms with van der Waals surface area (Å²) < 4.78 is 0. The zero-order valence-electron chi connectivity index (χ0n) is 17.7. The number of thiazole rings is 1. The smallest absolute Gasteiger partial charge is 0.543 e. The number of aliphatic hydroxyl groups is 1. The van der Waals surface area contributed by atoms with E-state index in [1.54, 1.807) is 21.9 Å². The number of thioether (sulfide) groups is 1. The van der Waals surface area contributed by atoms with Gasteiger partial charge < -0.3 is 24.8 Å². The number of hydrogen-bond acceptors (Lipinski definition) is 9. The number of nitrogens with zero attached hydrogens (tertiary/aromatic N) is 4. The summed E-state index contributed by atoms with van der Waals surface area (Å²) in [6.45, 7) is 4.12. The molecule has 2 fully saturated rings. The number of aliphatic carboxylic acids is 1. The van der Waals surface area contributed by atoms with Gasteiger partial charge in [-0.15, -0.1) is 11.3 Å². The van der Waals surface area contributed by atoms with E-state index in [9.17, 15) is 24.6 Å². The molecule has 3 aliphatic heterocycles. The molecular formula is C20H19N4NaO5S2. The van der Waals surface area contributed by atoms with Gasteiger partial charge in [0, 0.05) is 23.9 Å². The monoisotopic (exact) mass is 482 g/mol. The number of rotatable bonds is 6. The second kappa shape index (κ2) is 9.67. The van der Waals surface area contributed by atoms with Crippen molar-refractivity contribution < 1.29 is 54.2 Å². The van der Waals surface area contributed by atoms with Gasteiger partial charge in [0.25, 0.3) is 5.91 Å². The third-order valence-electron chi connectivity index (χ3n) is 5.87. The number of aliphatic hydroxyl groups excluding tert-OH is 1. The molecule has 0 bridgehead atoms. The molecule has 1 aromatic rings. The molecule has 1 aromatic heterocycles. The summed E-state index contributed by atoms with van der Waals surface area (Å²) in [5, 5.41) is 32.2. The van der Waals surface area contributed by atoms with E-state index in [0.717, 1.165) is 11.8 Å². The fraction of sp³-hybridized carbons (Fsp3) is 0.450. The van der Waals surface area contributed by atoms with Gasteiger partial charge in [-0.05, 0) is 18.4 Å². The van der Waals surface area contributed by atoms with E-state index in [2.05, 4.69) is 11.1 Å². The van der Waals surface area contributed by atoms with E-state index in [4.69, 9.17) is 5.26 Å². The minimum absolute atomic E-state index is 0. The van der Waals surface area contributed by atoms with E-state index in [1.165, 1.54) is 23.2 Å². The van der Waals surface area contributed by atoms with E-state index >= 15 is 0 Å². The molecule has 2 amide bonds. The van der Waals surface area contributed by atoms with Crippen LogP contribution in [0.4, 0.5) is 0 Å². The maximum atomic E-state index is 12.6. The molecule has 0 aliphatic carbocycles. The standard InChI is InChI=1S/C20H20N4O5S2.Na/c1-9-15-13(10(2)25)18(26)24(15)16(20(28)29)17(9)30-4-3-12-14(22-8-31-12)19(27)23-6-11(5-21)7-23;/h3-4,8-11,13,15,25H,6-7H2,1-2H3,(H,28,29);/q;+1/p-1/b4-3-;/t9-,10-,13-,15-;/m1./s1. The van der Waals surface area contributed by atoms with Crippen molar-refractivity contribution in [3.05, 3.63) is 32.1 Å². The van der Waals surface area contributed by atoms with Crippen molar-refractivity contribution in [1.29, 1.82) is 5.26 Å². The Morgan fingerprint density at radius 1 is 1.47 bits per heavy atom. The molecule has 0 saturated carbocycles. The van der Waals surface area contributed by atoms with Crippen molar-refractivity contribution in [2.45, 2.75) is 26.0 Å². The van der Waals surface area contributed by atoms with Crippen LogP contribution in [-0.4, -0.2) is 62.9 Å². The Morgan fingerprint density at radius 3 is 2.75 bits per heavy atom. The first-order valence-electron chi connectivity index (χ1n) is 9.68. The summed E-state index contributed by atoms with van der Waals surface area (Å²) >= 11 is 2.44. The van der Waals surface area contributed by atoms with Gasteiger partial charge in [-0.2, -0.15) is 5.26 Å². The van der Waals surface area contributed by atoms with Crippen molar-refractivity contribution in [3.8, 4) is 6.07 Å². The molecule has 162 valence electrons. The van der Waals surface area contributed by atoms with Gasteiger partial charge in [-0.3, -0.25) is 9.59 Å². The fourth-order valence-electron chi connectivity index (χ4n) is 4.25. The number of carbonyl (C=O) groups excluding carboxylic acids is 3. The number of carboxylic acid groups (broad SMARTS) is 1. The number of aromatic nitrogens is 1. The summed E-state index contributed by atoms with van der Waals surface area (Å²) in [7, 11) is 0. The molecule has 12 heteroatoms. The Morgan fingerprint density at radius 2 is 2.16 bits per heavy atom. The normalized spacial score (nSPS) is 25.7. The minimum atomic E-state index is -1.43. The van der Waals surface area contributed by atoms with Gasteiger partial charge in [-0.1, -0.05) is 18.7 Å². The topological polar surface area (TPSA) is 138 Å². The number of hydrogen-bond donors (Lipinski definition) is 1. The summed E-state index contributed by atoms with van der Waals surface area (Å²) in [6.07, 6.45) is 0.819. The number of amides is 2. The predicted molar refractivity (Wildman–Crippen MR) is 111 cm³/mol. The summed E-state index contributed by atoms with van der Waals surface area (Å²) in [5.41, 5.74) is 1.69.